The van der Waals surface area contributed by atoms with Crippen LogP contribution < -0.4 is 0 Å². The minimum atomic E-state index is -4.27. The summed E-state index contributed by atoms with van der Waals surface area (Å²) >= 11 is 0. The molecule has 0 aromatic heterocycles. The van der Waals surface area contributed by atoms with E-state index in [2.05, 4.69) is 6.92 Å². The van der Waals surface area contributed by atoms with E-state index in [1.807, 2.05) is 21.0 Å². The number of quaternary nitrogens is 1. The van der Waals surface area contributed by atoms with E-state index in [1.54, 1.807) is 12.1 Å². The minimum absolute atomic E-state index is 0.178. The first kappa shape index (κ1) is 31.0. The first-order chi connectivity index (χ1) is 14.9. The molecule has 2 unspecified atom stereocenters. The van der Waals surface area contributed by atoms with Crippen molar-refractivity contribution >= 4 is 10.1 Å². The van der Waals surface area contributed by atoms with Crippen LogP contribution in [0.2, 0.25) is 0 Å². The van der Waals surface area contributed by atoms with Crippen molar-refractivity contribution in [3.63, 3.8) is 0 Å². The van der Waals surface area contributed by atoms with Crippen LogP contribution in [0.4, 0.5) is 0 Å². The maximum atomic E-state index is 10.4. The highest BCUT2D eigenvalue weighted by Crippen LogP contribution is 2.12. The van der Waals surface area contributed by atoms with Gasteiger partial charge < -0.3 is 24.4 Å². The Balaban J connectivity index is 0.000000726. The van der Waals surface area contributed by atoms with Crippen molar-refractivity contribution in [3.8, 4) is 0 Å². The van der Waals surface area contributed by atoms with Crippen molar-refractivity contribution in [3.05, 3.63) is 29.8 Å². The Labute approximate surface area is 195 Å². The van der Waals surface area contributed by atoms with E-state index >= 15 is 0 Å². The molecule has 8 heteroatoms. The quantitative estimate of drug-likeness (QED) is 0.204. The minimum Gasteiger partial charge on any atom is -0.744 e. The number of rotatable bonds is 15. The van der Waals surface area contributed by atoms with Gasteiger partial charge in [-0.1, -0.05) is 76.0 Å². The maximum absolute atomic E-state index is 10.4. The van der Waals surface area contributed by atoms with Crippen LogP contribution in [0.5, 0.6) is 0 Å². The highest BCUT2D eigenvalue weighted by molar-refractivity contribution is 7.85. The maximum Gasteiger partial charge on any atom is 0.126 e. The van der Waals surface area contributed by atoms with Crippen LogP contribution >= 0.6 is 0 Å². The van der Waals surface area contributed by atoms with Gasteiger partial charge in [0.25, 0.3) is 0 Å². The largest absolute Gasteiger partial charge is 0.744 e. The molecule has 0 amide bonds. The number of aryl methyl sites for hydroxylation is 1. The zero-order valence-electron chi connectivity index (χ0n) is 20.4. The van der Waals surface area contributed by atoms with Crippen LogP contribution in [0.15, 0.2) is 29.2 Å². The van der Waals surface area contributed by atoms with Crippen molar-refractivity contribution in [2.75, 3.05) is 33.8 Å². The SMILES string of the molecule is CCCCCCCCCCC(O)C[N+](C)(C)CC(O)CO.Cc1ccc(S(=O)(=O)[O-])cc1. The van der Waals surface area contributed by atoms with Crippen LogP contribution in [0.25, 0.3) is 0 Å². The fourth-order valence-corrected chi connectivity index (χ4v) is 4.05. The molecule has 0 aliphatic carbocycles. The Morgan fingerprint density at radius 2 is 1.34 bits per heavy atom. The van der Waals surface area contributed by atoms with Gasteiger partial charge in [0.1, 0.15) is 35.4 Å². The molecular formula is C24H45NO6S. The fraction of sp³-hybridized carbons (Fsp3) is 0.750. The lowest BCUT2D eigenvalue weighted by molar-refractivity contribution is -0.896. The average molecular weight is 476 g/mol. The van der Waals surface area contributed by atoms with E-state index in [4.69, 9.17) is 5.11 Å². The summed E-state index contributed by atoms with van der Waals surface area (Å²) in [5.74, 6) is 0. The molecule has 0 saturated carbocycles. The highest BCUT2D eigenvalue weighted by Gasteiger charge is 2.23. The van der Waals surface area contributed by atoms with Gasteiger partial charge in [-0.3, -0.25) is 0 Å². The van der Waals surface area contributed by atoms with Crippen molar-refractivity contribution in [2.24, 2.45) is 0 Å². The molecule has 1 rings (SSSR count). The Morgan fingerprint density at radius 3 is 1.81 bits per heavy atom. The van der Waals surface area contributed by atoms with Crippen LogP contribution in [-0.2, 0) is 10.1 Å². The molecule has 0 spiro atoms. The van der Waals surface area contributed by atoms with E-state index in [1.165, 1.54) is 57.1 Å². The van der Waals surface area contributed by atoms with Gasteiger partial charge >= 0.3 is 0 Å². The van der Waals surface area contributed by atoms with Crippen molar-refractivity contribution in [2.45, 2.75) is 88.7 Å². The first-order valence-electron chi connectivity index (χ1n) is 11.7. The van der Waals surface area contributed by atoms with Gasteiger partial charge in [0.15, 0.2) is 0 Å². The number of hydrogen-bond donors (Lipinski definition) is 3. The Kier molecular flexibility index (Phi) is 16.0. The number of hydrogen-bond acceptors (Lipinski definition) is 6. The number of likely N-dealkylation sites (N-methyl/N-ethyl adjacent to an activating group) is 1. The third-order valence-electron chi connectivity index (χ3n) is 5.32. The van der Waals surface area contributed by atoms with E-state index in [0.29, 0.717) is 17.6 Å². The van der Waals surface area contributed by atoms with Gasteiger partial charge in [0.05, 0.1) is 25.6 Å². The Hall–Kier alpha value is -1.03. The van der Waals surface area contributed by atoms with Crippen LogP contribution in [0.3, 0.4) is 0 Å². The summed E-state index contributed by atoms with van der Waals surface area (Å²) in [5, 5.41) is 28.5. The van der Waals surface area contributed by atoms with E-state index < -0.39 is 16.2 Å². The monoisotopic (exact) mass is 475 g/mol. The molecule has 0 aliphatic rings. The highest BCUT2D eigenvalue weighted by atomic mass is 32.2. The summed E-state index contributed by atoms with van der Waals surface area (Å²) in [4.78, 5) is -0.178. The molecule has 0 fully saturated rings. The lowest BCUT2D eigenvalue weighted by Crippen LogP contribution is -2.50. The first-order valence-corrected chi connectivity index (χ1v) is 13.1. The van der Waals surface area contributed by atoms with Crippen molar-refractivity contribution < 1.29 is 32.8 Å². The number of aliphatic hydroxyl groups excluding tert-OH is 3. The lowest BCUT2D eigenvalue weighted by atomic mass is 10.1. The second kappa shape index (κ2) is 16.6. The van der Waals surface area contributed by atoms with Gasteiger partial charge in [0, 0.05) is 0 Å². The molecular weight excluding hydrogens is 430 g/mol. The molecule has 1 aromatic rings. The predicted molar refractivity (Wildman–Crippen MR) is 127 cm³/mol. The number of aliphatic hydroxyl groups is 3. The van der Waals surface area contributed by atoms with Crippen LogP contribution in [0, 0.1) is 6.92 Å². The molecule has 0 saturated heterocycles. The van der Waals surface area contributed by atoms with E-state index in [9.17, 15) is 23.2 Å². The summed E-state index contributed by atoms with van der Waals surface area (Å²) in [5.41, 5.74) is 0.928. The Morgan fingerprint density at radius 1 is 0.875 bits per heavy atom. The van der Waals surface area contributed by atoms with Gasteiger partial charge in [-0.15, -0.1) is 0 Å². The van der Waals surface area contributed by atoms with Crippen LogP contribution in [-0.4, -0.2) is 78.8 Å². The normalized spacial score (nSPS) is 13.9. The third-order valence-corrected chi connectivity index (χ3v) is 6.17. The molecule has 1 aromatic carbocycles. The van der Waals surface area contributed by atoms with Gasteiger partial charge in [0.2, 0.25) is 0 Å². The number of benzene rings is 1. The van der Waals surface area contributed by atoms with Crippen molar-refractivity contribution in [1.29, 1.82) is 0 Å². The second-order valence-corrected chi connectivity index (χ2v) is 10.7. The predicted octanol–water partition coefficient (Wildman–Crippen LogP) is 3.21. The van der Waals surface area contributed by atoms with Crippen LogP contribution in [0.1, 0.15) is 70.3 Å². The van der Waals surface area contributed by atoms with E-state index in [0.717, 1.165) is 18.4 Å². The molecule has 0 aliphatic heterocycles. The molecule has 32 heavy (non-hydrogen) atoms. The third kappa shape index (κ3) is 16.6. The van der Waals surface area contributed by atoms with Gasteiger partial charge in [-0.05, 0) is 25.5 Å². The molecule has 0 radical (unpaired) electrons. The second-order valence-electron chi connectivity index (χ2n) is 9.32. The smallest absolute Gasteiger partial charge is 0.126 e. The topological polar surface area (TPSA) is 118 Å². The zero-order valence-corrected chi connectivity index (χ0v) is 21.2. The summed E-state index contributed by atoms with van der Waals surface area (Å²) in [6.07, 6.45) is 10.1. The summed E-state index contributed by atoms with van der Waals surface area (Å²) < 4.78 is 31.7. The van der Waals surface area contributed by atoms with Crippen molar-refractivity contribution in [1.82, 2.24) is 0 Å². The number of unbranched alkanes of at least 4 members (excludes halogenated alkanes) is 7. The Bertz CT molecular complexity index is 691. The molecule has 0 heterocycles. The van der Waals surface area contributed by atoms with E-state index in [-0.39, 0.29) is 17.6 Å². The number of nitrogens with zero attached hydrogens (tertiary/aromatic N) is 1. The molecule has 7 nitrogen and oxygen atoms in total. The fourth-order valence-electron chi connectivity index (χ4n) is 3.58. The van der Waals surface area contributed by atoms with Gasteiger partial charge in [-0.2, -0.15) is 0 Å². The average Bonchev–Trinajstić information content (AvgIpc) is 2.69. The summed E-state index contributed by atoms with van der Waals surface area (Å²) in [6.45, 7) is 4.95. The van der Waals surface area contributed by atoms with Gasteiger partial charge in [-0.25, -0.2) is 8.42 Å². The standard InChI is InChI=1S/C17H38NO3.C7H8O3S/c1-4-5-6-7-8-9-10-11-12-16(20)13-18(2,3)14-17(21)15-19;1-6-2-4-7(5-3-6)11(8,9)10/h16-17,19-21H,4-15H2,1-3H3;2-5H,1H3,(H,8,9,10)/q+1;/p-1. The zero-order chi connectivity index (χ0) is 24.6. The molecule has 3 N–H and O–H groups in total. The molecule has 0 bridgehead atoms. The molecule has 188 valence electrons. The summed E-state index contributed by atoms with van der Waals surface area (Å²) in [6, 6.07) is 5.78. The summed E-state index contributed by atoms with van der Waals surface area (Å²) in [7, 11) is -0.306. The lowest BCUT2D eigenvalue weighted by Gasteiger charge is -2.33. The molecule has 2 atom stereocenters.